The highest BCUT2D eigenvalue weighted by molar-refractivity contribution is 14.1. The molecule has 0 saturated heterocycles. The minimum Gasteiger partial charge on any atom is -0.322 e. The van der Waals surface area contributed by atoms with Gasteiger partial charge < -0.3 is 5.32 Å². The van der Waals surface area contributed by atoms with E-state index in [1.54, 1.807) is 12.1 Å². The largest absolute Gasteiger partial charge is 0.322 e. The Labute approximate surface area is 122 Å². The topological polar surface area (TPSA) is 29.1 Å². The third-order valence-corrected chi connectivity index (χ3v) is 3.53. The lowest BCUT2D eigenvalue weighted by atomic mass is 10.2. The van der Waals surface area contributed by atoms with E-state index in [-0.39, 0.29) is 10.9 Å². The molecule has 0 spiro atoms. The van der Waals surface area contributed by atoms with E-state index in [2.05, 4.69) is 27.9 Å². The smallest absolute Gasteiger partial charge is 0.256 e. The van der Waals surface area contributed by atoms with Gasteiger partial charge in [-0.25, -0.2) is 4.39 Å². The van der Waals surface area contributed by atoms with Gasteiger partial charge in [-0.1, -0.05) is 23.7 Å². The first-order chi connectivity index (χ1) is 8.58. The van der Waals surface area contributed by atoms with Crippen molar-refractivity contribution in [1.29, 1.82) is 0 Å². The predicted molar refractivity (Wildman–Crippen MR) is 78.5 cm³/mol. The van der Waals surface area contributed by atoms with Gasteiger partial charge in [0.05, 0.1) is 10.6 Å². The number of anilines is 1. The fourth-order valence-corrected chi connectivity index (χ4v) is 2.23. The van der Waals surface area contributed by atoms with Crippen molar-refractivity contribution in [2.75, 3.05) is 5.32 Å². The summed E-state index contributed by atoms with van der Waals surface area (Å²) in [5, 5.41) is 2.65. The standard InChI is InChI=1S/C13H8ClFINO/c14-10-7-8(5-6-11(10)15)17-13(18)9-3-1-2-4-12(9)16/h1-7H,(H,17,18). The minimum atomic E-state index is -0.510. The van der Waals surface area contributed by atoms with Crippen LogP contribution in [0.25, 0.3) is 0 Å². The van der Waals surface area contributed by atoms with Crippen LogP contribution in [0.3, 0.4) is 0 Å². The molecule has 0 aliphatic heterocycles. The van der Waals surface area contributed by atoms with E-state index in [9.17, 15) is 9.18 Å². The molecule has 0 atom stereocenters. The van der Waals surface area contributed by atoms with Crippen LogP contribution in [0.15, 0.2) is 42.5 Å². The highest BCUT2D eigenvalue weighted by atomic mass is 127. The molecule has 18 heavy (non-hydrogen) atoms. The summed E-state index contributed by atoms with van der Waals surface area (Å²) in [4.78, 5) is 12.0. The Bertz CT molecular complexity index is 603. The van der Waals surface area contributed by atoms with E-state index >= 15 is 0 Å². The van der Waals surface area contributed by atoms with Gasteiger partial charge in [-0.3, -0.25) is 4.79 Å². The van der Waals surface area contributed by atoms with Crippen molar-refractivity contribution >= 4 is 45.8 Å². The van der Waals surface area contributed by atoms with Crippen LogP contribution in [0, 0.1) is 9.39 Å². The second kappa shape index (κ2) is 5.67. The predicted octanol–water partition coefficient (Wildman–Crippen LogP) is 4.34. The Morgan fingerprint density at radius 2 is 1.94 bits per heavy atom. The molecule has 1 amide bonds. The summed E-state index contributed by atoms with van der Waals surface area (Å²) in [5.41, 5.74) is 1.03. The Hall–Kier alpha value is -1.14. The van der Waals surface area contributed by atoms with Gasteiger partial charge in [-0.2, -0.15) is 0 Å². The van der Waals surface area contributed by atoms with Crippen LogP contribution in [0.2, 0.25) is 5.02 Å². The van der Waals surface area contributed by atoms with Crippen LogP contribution in [0.5, 0.6) is 0 Å². The van der Waals surface area contributed by atoms with Gasteiger partial charge in [0.1, 0.15) is 5.82 Å². The van der Waals surface area contributed by atoms with Gasteiger partial charge in [0.15, 0.2) is 0 Å². The summed E-state index contributed by atoms with van der Waals surface area (Å²) in [7, 11) is 0. The van der Waals surface area contributed by atoms with Crippen LogP contribution >= 0.6 is 34.2 Å². The Balaban J connectivity index is 2.22. The molecule has 2 aromatic carbocycles. The molecule has 0 saturated carbocycles. The zero-order chi connectivity index (χ0) is 13.1. The minimum absolute atomic E-state index is 0.0180. The van der Waals surface area contributed by atoms with E-state index in [1.165, 1.54) is 18.2 Å². The molecule has 0 aliphatic carbocycles. The molecule has 0 bridgehead atoms. The molecule has 2 aromatic rings. The third kappa shape index (κ3) is 3.00. The second-order valence-electron chi connectivity index (χ2n) is 3.56. The number of halogens is 3. The lowest BCUT2D eigenvalue weighted by molar-refractivity contribution is 0.102. The summed E-state index contributed by atoms with van der Waals surface area (Å²) >= 11 is 7.73. The van der Waals surface area contributed by atoms with E-state index in [1.807, 2.05) is 12.1 Å². The number of nitrogens with one attached hydrogen (secondary N) is 1. The summed E-state index contributed by atoms with van der Waals surface area (Å²) < 4.78 is 13.8. The molecule has 2 nitrogen and oxygen atoms in total. The van der Waals surface area contributed by atoms with Crippen LogP contribution in [-0.2, 0) is 0 Å². The maximum Gasteiger partial charge on any atom is 0.256 e. The molecule has 2 rings (SSSR count). The Morgan fingerprint density at radius 1 is 1.22 bits per heavy atom. The van der Waals surface area contributed by atoms with Crippen molar-refractivity contribution in [3.63, 3.8) is 0 Å². The number of amides is 1. The van der Waals surface area contributed by atoms with Gasteiger partial charge in [-0.05, 0) is 52.9 Å². The van der Waals surface area contributed by atoms with Gasteiger partial charge in [0, 0.05) is 9.26 Å². The molecular formula is C13H8ClFINO. The number of benzene rings is 2. The SMILES string of the molecule is O=C(Nc1ccc(F)c(Cl)c1)c1ccccc1I. The van der Waals surface area contributed by atoms with Crippen LogP contribution < -0.4 is 5.32 Å². The molecule has 0 aromatic heterocycles. The average molecular weight is 376 g/mol. The van der Waals surface area contributed by atoms with Gasteiger partial charge in [0.2, 0.25) is 0 Å². The quantitative estimate of drug-likeness (QED) is 0.778. The van der Waals surface area contributed by atoms with Crippen molar-refractivity contribution < 1.29 is 9.18 Å². The number of rotatable bonds is 2. The van der Waals surface area contributed by atoms with Crippen molar-refractivity contribution in [3.05, 3.63) is 62.4 Å². The molecule has 92 valence electrons. The van der Waals surface area contributed by atoms with Crippen molar-refractivity contribution in [3.8, 4) is 0 Å². The maximum absolute atomic E-state index is 13.0. The lowest BCUT2D eigenvalue weighted by Crippen LogP contribution is -2.13. The molecular weight excluding hydrogens is 368 g/mol. The number of hydrogen-bond donors (Lipinski definition) is 1. The molecule has 0 radical (unpaired) electrons. The summed E-state index contributed by atoms with van der Waals surface area (Å²) in [6, 6.07) is 11.3. The monoisotopic (exact) mass is 375 g/mol. The molecule has 1 N–H and O–H groups in total. The summed E-state index contributed by atoms with van der Waals surface area (Å²) in [5.74, 6) is -0.758. The van der Waals surface area contributed by atoms with E-state index in [0.717, 1.165) is 3.57 Å². The molecule has 0 heterocycles. The highest BCUT2D eigenvalue weighted by Crippen LogP contribution is 2.20. The van der Waals surface area contributed by atoms with Crippen LogP contribution in [-0.4, -0.2) is 5.91 Å². The van der Waals surface area contributed by atoms with Crippen molar-refractivity contribution in [2.24, 2.45) is 0 Å². The van der Waals surface area contributed by atoms with E-state index in [0.29, 0.717) is 11.3 Å². The van der Waals surface area contributed by atoms with E-state index < -0.39 is 5.82 Å². The molecule has 0 unspecified atom stereocenters. The maximum atomic E-state index is 13.0. The van der Waals surface area contributed by atoms with Gasteiger partial charge in [0.25, 0.3) is 5.91 Å². The second-order valence-corrected chi connectivity index (χ2v) is 5.13. The Kier molecular flexibility index (Phi) is 4.19. The summed E-state index contributed by atoms with van der Waals surface area (Å²) in [6.07, 6.45) is 0. The number of carbonyl (C=O) groups is 1. The number of carbonyl (C=O) groups excluding carboxylic acids is 1. The average Bonchev–Trinajstić information content (AvgIpc) is 2.34. The summed E-state index contributed by atoms with van der Waals surface area (Å²) in [6.45, 7) is 0. The third-order valence-electron chi connectivity index (χ3n) is 2.30. The zero-order valence-electron chi connectivity index (χ0n) is 9.08. The van der Waals surface area contributed by atoms with E-state index in [4.69, 9.17) is 11.6 Å². The molecule has 5 heteroatoms. The fourth-order valence-electron chi connectivity index (χ4n) is 1.42. The lowest BCUT2D eigenvalue weighted by Gasteiger charge is -2.07. The molecule has 0 fully saturated rings. The van der Waals surface area contributed by atoms with Crippen molar-refractivity contribution in [2.45, 2.75) is 0 Å². The Morgan fingerprint density at radius 3 is 2.61 bits per heavy atom. The fraction of sp³-hybridized carbons (Fsp3) is 0. The van der Waals surface area contributed by atoms with Gasteiger partial charge in [-0.15, -0.1) is 0 Å². The van der Waals surface area contributed by atoms with Crippen molar-refractivity contribution in [1.82, 2.24) is 0 Å². The first-order valence-corrected chi connectivity index (χ1v) is 6.54. The van der Waals surface area contributed by atoms with Crippen LogP contribution in [0.1, 0.15) is 10.4 Å². The first kappa shape index (κ1) is 13.3. The highest BCUT2D eigenvalue weighted by Gasteiger charge is 2.10. The first-order valence-electron chi connectivity index (χ1n) is 5.09. The normalized spacial score (nSPS) is 10.2. The van der Waals surface area contributed by atoms with Crippen LogP contribution in [0.4, 0.5) is 10.1 Å². The van der Waals surface area contributed by atoms with Gasteiger partial charge >= 0.3 is 0 Å². The number of hydrogen-bond acceptors (Lipinski definition) is 1. The molecule has 0 aliphatic rings. The zero-order valence-corrected chi connectivity index (χ0v) is 12.0.